The van der Waals surface area contributed by atoms with Gasteiger partial charge in [0.25, 0.3) is 5.91 Å². The number of nitrogens with one attached hydrogen (secondary N) is 2. The zero-order valence-corrected chi connectivity index (χ0v) is 25.3. The van der Waals surface area contributed by atoms with Gasteiger partial charge in [-0.2, -0.15) is 0 Å². The van der Waals surface area contributed by atoms with Crippen LogP contribution in [-0.4, -0.2) is 39.7 Å². The molecule has 6 nitrogen and oxygen atoms in total. The second-order valence-corrected chi connectivity index (χ2v) is 12.3. The number of aliphatic imine (C=N–C) groups is 1. The summed E-state index contributed by atoms with van der Waals surface area (Å²) in [6.07, 6.45) is 10.4. The normalized spacial score (nSPS) is 17.7. The number of carbonyl (C=O) groups is 1. The smallest absolute Gasteiger partial charge is 0.251 e. The SMILES string of the molecule is CCC(NC(=O)c1ccc2[nH]c(O)c(C(=Nc3ccc(CN4CCCCC4)cc3)C3CCCCC3)c2c1)c1ccccc1. The Morgan fingerprint density at radius 1 is 0.953 bits per heavy atom. The van der Waals surface area contributed by atoms with Crippen LogP contribution in [-0.2, 0) is 6.54 Å². The maximum Gasteiger partial charge on any atom is 0.251 e. The highest BCUT2D eigenvalue weighted by molar-refractivity contribution is 6.15. The Bertz CT molecular complexity index is 1550. The molecule has 224 valence electrons. The van der Waals surface area contributed by atoms with Crippen LogP contribution < -0.4 is 5.32 Å². The zero-order chi connectivity index (χ0) is 29.6. The number of rotatable bonds is 9. The molecule has 4 aromatic rings. The van der Waals surface area contributed by atoms with Gasteiger partial charge in [0.15, 0.2) is 5.88 Å². The van der Waals surface area contributed by atoms with Crippen LogP contribution in [0.25, 0.3) is 10.9 Å². The average Bonchev–Trinajstić information content (AvgIpc) is 3.39. The van der Waals surface area contributed by atoms with Gasteiger partial charge < -0.3 is 15.4 Å². The zero-order valence-electron chi connectivity index (χ0n) is 25.3. The molecule has 3 aromatic carbocycles. The standard InChI is InChI=1S/C37H44N4O2/c1-2-32(27-12-6-3-7-13-27)39-36(42)29-18-21-33-31(24-29)34(37(43)40-33)35(28-14-8-4-9-15-28)38-30-19-16-26(17-20-30)25-41-22-10-5-11-23-41/h3,6-7,12-13,16-21,24,28,32,40,43H,2,4-5,8-11,14-15,22-23,25H2,1H3,(H,39,42). The molecule has 1 aromatic heterocycles. The first-order valence-corrected chi connectivity index (χ1v) is 16.2. The van der Waals surface area contributed by atoms with Crippen LogP contribution in [0.3, 0.4) is 0 Å². The highest BCUT2D eigenvalue weighted by Crippen LogP contribution is 2.37. The van der Waals surface area contributed by atoms with Crippen LogP contribution in [0, 0.1) is 5.92 Å². The molecule has 43 heavy (non-hydrogen) atoms. The minimum Gasteiger partial charge on any atom is -0.494 e. The number of nitrogens with zero attached hydrogens (tertiary/aromatic N) is 2. The molecule has 1 aliphatic heterocycles. The van der Waals surface area contributed by atoms with Crippen molar-refractivity contribution in [2.24, 2.45) is 10.9 Å². The number of hydrogen-bond acceptors (Lipinski definition) is 4. The number of amides is 1. The largest absolute Gasteiger partial charge is 0.494 e. The van der Waals surface area contributed by atoms with E-state index in [0.29, 0.717) is 5.56 Å². The van der Waals surface area contributed by atoms with Crippen molar-refractivity contribution < 1.29 is 9.90 Å². The lowest BCUT2D eigenvalue weighted by Gasteiger charge is -2.26. The molecule has 2 fully saturated rings. The second-order valence-electron chi connectivity index (χ2n) is 12.3. The van der Waals surface area contributed by atoms with E-state index in [-0.39, 0.29) is 23.7 Å². The summed E-state index contributed by atoms with van der Waals surface area (Å²) in [6, 6.07) is 24.3. The molecule has 1 saturated heterocycles. The van der Waals surface area contributed by atoms with E-state index in [1.165, 1.54) is 44.3 Å². The molecular formula is C37H44N4O2. The summed E-state index contributed by atoms with van der Waals surface area (Å²) in [5.74, 6) is 0.255. The van der Waals surface area contributed by atoms with Crippen molar-refractivity contribution in [1.29, 1.82) is 0 Å². The summed E-state index contributed by atoms with van der Waals surface area (Å²) < 4.78 is 0. The van der Waals surface area contributed by atoms with Gasteiger partial charge in [-0.1, -0.05) is 75.1 Å². The Kier molecular flexibility index (Phi) is 9.23. The van der Waals surface area contributed by atoms with Crippen LogP contribution in [0.4, 0.5) is 5.69 Å². The van der Waals surface area contributed by atoms with E-state index < -0.39 is 0 Å². The molecule has 1 unspecified atom stereocenters. The lowest BCUT2D eigenvalue weighted by atomic mass is 9.82. The number of piperidine rings is 1. The van der Waals surface area contributed by atoms with E-state index in [0.717, 1.165) is 72.1 Å². The lowest BCUT2D eigenvalue weighted by molar-refractivity contribution is 0.0935. The number of likely N-dealkylation sites (tertiary alicyclic amines) is 1. The van der Waals surface area contributed by atoms with Crippen molar-refractivity contribution in [3.63, 3.8) is 0 Å². The fourth-order valence-corrected chi connectivity index (χ4v) is 6.84. The summed E-state index contributed by atoms with van der Waals surface area (Å²) in [7, 11) is 0. The number of fused-ring (bicyclic) bond motifs is 1. The highest BCUT2D eigenvalue weighted by Gasteiger charge is 2.27. The van der Waals surface area contributed by atoms with Gasteiger partial charge in [0.1, 0.15) is 0 Å². The average molecular weight is 577 g/mol. The van der Waals surface area contributed by atoms with Crippen molar-refractivity contribution in [3.05, 3.63) is 95.1 Å². The van der Waals surface area contributed by atoms with Crippen LogP contribution in [0.1, 0.15) is 97.8 Å². The molecule has 1 saturated carbocycles. The molecule has 1 amide bonds. The number of aromatic hydroxyl groups is 1. The first-order chi connectivity index (χ1) is 21.1. The fourth-order valence-electron chi connectivity index (χ4n) is 6.84. The maximum atomic E-state index is 13.5. The van der Waals surface area contributed by atoms with Crippen molar-refractivity contribution in [3.8, 4) is 5.88 Å². The summed E-state index contributed by atoms with van der Waals surface area (Å²) in [5.41, 5.74) is 6.33. The Morgan fingerprint density at radius 2 is 1.67 bits per heavy atom. The predicted molar refractivity (Wildman–Crippen MR) is 175 cm³/mol. The first kappa shape index (κ1) is 29.2. The van der Waals surface area contributed by atoms with Crippen LogP contribution in [0.5, 0.6) is 5.88 Å². The summed E-state index contributed by atoms with van der Waals surface area (Å²) in [6.45, 7) is 5.42. The van der Waals surface area contributed by atoms with Crippen LogP contribution in [0.2, 0.25) is 0 Å². The number of carbonyl (C=O) groups excluding carboxylic acids is 1. The highest BCUT2D eigenvalue weighted by atomic mass is 16.3. The number of hydrogen-bond donors (Lipinski definition) is 3. The molecule has 2 aliphatic rings. The minimum absolute atomic E-state index is 0.0688. The van der Waals surface area contributed by atoms with Gasteiger partial charge in [-0.25, -0.2) is 0 Å². The number of benzene rings is 3. The van der Waals surface area contributed by atoms with Crippen molar-refractivity contribution in [2.45, 2.75) is 77.3 Å². The minimum atomic E-state index is -0.121. The Balaban J connectivity index is 1.31. The van der Waals surface area contributed by atoms with Crippen molar-refractivity contribution >= 4 is 28.2 Å². The molecular weight excluding hydrogens is 532 g/mol. The van der Waals surface area contributed by atoms with Crippen LogP contribution >= 0.6 is 0 Å². The third-order valence-electron chi connectivity index (χ3n) is 9.25. The lowest BCUT2D eigenvalue weighted by Crippen LogP contribution is -2.28. The summed E-state index contributed by atoms with van der Waals surface area (Å²) in [5, 5.41) is 15.3. The van der Waals surface area contributed by atoms with Crippen molar-refractivity contribution in [1.82, 2.24) is 15.2 Å². The van der Waals surface area contributed by atoms with Gasteiger partial charge in [0.05, 0.1) is 23.0 Å². The van der Waals surface area contributed by atoms with Crippen molar-refractivity contribution in [2.75, 3.05) is 13.1 Å². The van der Waals surface area contributed by atoms with Gasteiger partial charge in [-0.05, 0) is 86.7 Å². The second kappa shape index (κ2) is 13.6. The Morgan fingerprint density at radius 3 is 2.40 bits per heavy atom. The molecule has 0 spiro atoms. The van der Waals surface area contributed by atoms with Gasteiger partial charge in [0, 0.05) is 28.9 Å². The number of aromatic amines is 1. The third kappa shape index (κ3) is 6.86. The van der Waals surface area contributed by atoms with E-state index >= 15 is 0 Å². The maximum absolute atomic E-state index is 13.5. The first-order valence-electron chi connectivity index (χ1n) is 16.2. The van der Waals surface area contributed by atoms with E-state index in [2.05, 4.69) is 46.4 Å². The third-order valence-corrected chi connectivity index (χ3v) is 9.25. The van der Waals surface area contributed by atoms with Gasteiger partial charge in [0.2, 0.25) is 0 Å². The fraction of sp³-hybridized carbons (Fsp3) is 0.405. The summed E-state index contributed by atoms with van der Waals surface area (Å²) >= 11 is 0. The topological polar surface area (TPSA) is 80.7 Å². The van der Waals surface area contributed by atoms with E-state index in [1.54, 1.807) is 0 Å². The molecule has 2 heterocycles. The molecule has 0 radical (unpaired) electrons. The number of H-pyrrole nitrogens is 1. The molecule has 6 rings (SSSR count). The number of aromatic nitrogens is 1. The van der Waals surface area contributed by atoms with Gasteiger partial charge in [-0.3, -0.25) is 14.7 Å². The van der Waals surface area contributed by atoms with E-state index in [9.17, 15) is 9.90 Å². The molecule has 1 aliphatic carbocycles. The Labute approximate surface area is 255 Å². The summed E-state index contributed by atoms with van der Waals surface area (Å²) in [4.78, 5) is 24.4. The van der Waals surface area contributed by atoms with E-state index in [1.807, 2.05) is 48.5 Å². The van der Waals surface area contributed by atoms with Gasteiger partial charge >= 0.3 is 0 Å². The molecule has 6 heteroatoms. The van der Waals surface area contributed by atoms with E-state index in [4.69, 9.17) is 4.99 Å². The molecule has 0 bridgehead atoms. The molecule has 1 atom stereocenters. The van der Waals surface area contributed by atoms with Gasteiger partial charge in [-0.15, -0.1) is 0 Å². The Hall–Kier alpha value is -3.90. The molecule has 3 N–H and O–H groups in total. The predicted octanol–water partition coefficient (Wildman–Crippen LogP) is 8.44. The van der Waals surface area contributed by atoms with Crippen LogP contribution in [0.15, 0.2) is 77.8 Å². The quantitative estimate of drug-likeness (QED) is 0.175. The monoisotopic (exact) mass is 576 g/mol.